The summed E-state index contributed by atoms with van der Waals surface area (Å²) in [6.45, 7) is 0.273. The molecule has 29 heavy (non-hydrogen) atoms. The lowest BCUT2D eigenvalue weighted by Gasteiger charge is -2.43. The number of thioether (sulfide) groups is 1. The molecule has 1 aromatic rings. The number of rotatable bonds is 7. The number of benzene rings is 1. The summed E-state index contributed by atoms with van der Waals surface area (Å²) in [5.74, 6) is -0.306. The van der Waals surface area contributed by atoms with Gasteiger partial charge in [0.05, 0.1) is 11.4 Å². The highest BCUT2D eigenvalue weighted by molar-refractivity contribution is 8.04. The molecule has 2 amide bonds. The van der Waals surface area contributed by atoms with Crippen LogP contribution in [0.25, 0.3) is 6.08 Å². The van der Waals surface area contributed by atoms with E-state index in [-0.39, 0.29) is 30.9 Å². The van der Waals surface area contributed by atoms with Crippen molar-refractivity contribution in [2.75, 3.05) is 27.3 Å². The lowest BCUT2D eigenvalue weighted by atomic mass is 9.93. The third-order valence-electron chi connectivity index (χ3n) is 5.27. The van der Waals surface area contributed by atoms with Gasteiger partial charge in [-0.15, -0.1) is 11.8 Å². The summed E-state index contributed by atoms with van der Waals surface area (Å²) in [5.41, 5.74) is 0.884. The molecule has 1 aliphatic heterocycles. The molecule has 1 aliphatic carbocycles. The number of fused-ring (bicyclic) bond motifs is 1. The van der Waals surface area contributed by atoms with Gasteiger partial charge in [-0.1, -0.05) is 36.6 Å². The van der Waals surface area contributed by atoms with Crippen LogP contribution in [0.2, 0.25) is 5.02 Å². The minimum atomic E-state index is -0.507. The van der Waals surface area contributed by atoms with E-state index in [1.807, 2.05) is 24.3 Å². The van der Waals surface area contributed by atoms with Crippen molar-refractivity contribution in [3.63, 3.8) is 0 Å². The highest BCUT2D eigenvalue weighted by Gasteiger charge is 2.41. The molecular weight excluding hydrogens is 412 g/mol. The Balaban J connectivity index is 1.76. The Morgan fingerprint density at radius 2 is 2.10 bits per heavy atom. The van der Waals surface area contributed by atoms with Crippen molar-refractivity contribution in [3.05, 3.63) is 39.8 Å². The molecule has 1 N–H and O–H groups in total. The highest BCUT2D eigenvalue weighted by Crippen LogP contribution is 2.42. The number of hydrogen-bond acceptors (Lipinski definition) is 5. The normalized spacial score (nSPS) is 23.4. The maximum absolute atomic E-state index is 13.2. The lowest BCUT2D eigenvalue weighted by Crippen LogP contribution is -2.54. The maximum atomic E-state index is 13.2. The van der Waals surface area contributed by atoms with Gasteiger partial charge in [-0.05, 0) is 36.6 Å². The summed E-state index contributed by atoms with van der Waals surface area (Å²) >= 11 is 7.72. The zero-order chi connectivity index (χ0) is 20.8. The largest absolute Gasteiger partial charge is 0.354 e. The Morgan fingerprint density at radius 3 is 2.83 bits per heavy atom. The van der Waals surface area contributed by atoms with Crippen LogP contribution in [0.3, 0.4) is 0 Å². The Bertz CT molecular complexity index is 769. The van der Waals surface area contributed by atoms with E-state index in [1.165, 1.54) is 14.2 Å². The molecular formula is C21H27ClN2O4S. The minimum Gasteiger partial charge on any atom is -0.354 e. The van der Waals surface area contributed by atoms with Crippen molar-refractivity contribution in [2.24, 2.45) is 0 Å². The Morgan fingerprint density at radius 1 is 1.34 bits per heavy atom. The number of ether oxygens (including phenoxy) is 2. The van der Waals surface area contributed by atoms with Crippen molar-refractivity contribution in [1.82, 2.24) is 10.2 Å². The number of nitrogens with one attached hydrogen (secondary N) is 1. The average molecular weight is 439 g/mol. The predicted molar refractivity (Wildman–Crippen MR) is 116 cm³/mol. The topological polar surface area (TPSA) is 67.9 Å². The molecule has 1 saturated heterocycles. The lowest BCUT2D eigenvalue weighted by molar-refractivity contribution is -0.137. The fourth-order valence-corrected chi connectivity index (χ4v) is 5.45. The number of carbonyl (C=O) groups is 2. The standard InChI is InChI=1S/C21H27ClN2O4S/c1-27-20(28-2)12-23-19(25)13-24-16-8-3-4-9-17(16)29-18(21(24)26)11-14-6-5-7-15(22)10-14/h5-7,10-11,16-17,20H,3-4,8-9,12-13H2,1-2H3,(H,23,25)/b18-11+. The molecule has 0 bridgehead atoms. The first-order chi connectivity index (χ1) is 14.0. The number of methoxy groups -OCH3 is 2. The Labute approximate surface area is 180 Å². The van der Waals surface area contributed by atoms with Crippen LogP contribution in [0.5, 0.6) is 0 Å². The summed E-state index contributed by atoms with van der Waals surface area (Å²) < 4.78 is 10.2. The van der Waals surface area contributed by atoms with Gasteiger partial charge < -0.3 is 19.7 Å². The van der Waals surface area contributed by atoms with Crippen LogP contribution < -0.4 is 5.32 Å². The van der Waals surface area contributed by atoms with Gasteiger partial charge in [0.15, 0.2) is 6.29 Å². The number of carbonyl (C=O) groups excluding carboxylic acids is 2. The molecule has 3 rings (SSSR count). The summed E-state index contributed by atoms with van der Waals surface area (Å²) in [6.07, 6.45) is 5.57. The SMILES string of the molecule is COC(CNC(=O)CN1C(=O)/C(=C\c2cccc(Cl)c2)SC2CCCCC21)OC. The van der Waals surface area contributed by atoms with Crippen LogP contribution in [0.15, 0.2) is 29.2 Å². The van der Waals surface area contributed by atoms with Gasteiger partial charge in [-0.3, -0.25) is 9.59 Å². The fraction of sp³-hybridized carbons (Fsp3) is 0.524. The number of amides is 2. The van der Waals surface area contributed by atoms with E-state index in [0.717, 1.165) is 31.2 Å². The monoisotopic (exact) mass is 438 g/mol. The summed E-state index contributed by atoms with van der Waals surface area (Å²) in [6, 6.07) is 7.52. The Kier molecular flexibility index (Phi) is 8.00. The van der Waals surface area contributed by atoms with Gasteiger partial charge in [0, 0.05) is 30.5 Å². The van der Waals surface area contributed by atoms with E-state index in [2.05, 4.69) is 5.32 Å². The molecule has 0 radical (unpaired) electrons. The second kappa shape index (κ2) is 10.5. The smallest absolute Gasteiger partial charge is 0.261 e. The number of nitrogens with zero attached hydrogens (tertiary/aromatic N) is 1. The molecule has 0 aromatic heterocycles. The van der Waals surface area contributed by atoms with Crippen molar-refractivity contribution in [3.8, 4) is 0 Å². The summed E-state index contributed by atoms with van der Waals surface area (Å²) in [4.78, 5) is 28.1. The minimum absolute atomic E-state index is 0.0353. The van der Waals surface area contributed by atoms with E-state index in [4.69, 9.17) is 21.1 Å². The van der Waals surface area contributed by atoms with Gasteiger partial charge in [0.2, 0.25) is 5.91 Å². The van der Waals surface area contributed by atoms with Crippen LogP contribution >= 0.6 is 23.4 Å². The van der Waals surface area contributed by atoms with Crippen molar-refractivity contribution < 1.29 is 19.1 Å². The Hall–Kier alpha value is -1.54. The molecule has 1 aromatic carbocycles. The maximum Gasteiger partial charge on any atom is 0.261 e. The summed E-state index contributed by atoms with van der Waals surface area (Å²) in [7, 11) is 3.04. The first-order valence-corrected chi connectivity index (χ1v) is 11.0. The average Bonchev–Trinajstić information content (AvgIpc) is 2.72. The quantitative estimate of drug-likeness (QED) is 0.522. The van der Waals surface area contributed by atoms with Gasteiger partial charge in [0.25, 0.3) is 5.91 Å². The third kappa shape index (κ3) is 5.75. The summed E-state index contributed by atoms with van der Waals surface area (Å²) in [5, 5.41) is 3.73. The predicted octanol–water partition coefficient (Wildman–Crippen LogP) is 3.30. The van der Waals surface area contributed by atoms with Crippen LogP contribution in [0.1, 0.15) is 31.2 Å². The molecule has 1 saturated carbocycles. The third-order valence-corrected chi connectivity index (χ3v) is 6.90. The van der Waals surface area contributed by atoms with Crippen molar-refractivity contribution in [1.29, 1.82) is 0 Å². The van der Waals surface area contributed by atoms with Gasteiger partial charge in [-0.2, -0.15) is 0 Å². The second-order valence-corrected chi connectivity index (χ2v) is 8.93. The molecule has 2 fully saturated rings. The molecule has 2 unspecified atom stereocenters. The molecule has 8 heteroatoms. The molecule has 1 heterocycles. The highest BCUT2D eigenvalue weighted by atomic mass is 35.5. The van der Waals surface area contributed by atoms with Crippen LogP contribution in [0.4, 0.5) is 0 Å². The second-order valence-electron chi connectivity index (χ2n) is 7.21. The number of hydrogen-bond donors (Lipinski definition) is 1. The van der Waals surface area contributed by atoms with Crippen LogP contribution in [-0.4, -0.2) is 61.6 Å². The van der Waals surface area contributed by atoms with E-state index >= 15 is 0 Å². The van der Waals surface area contributed by atoms with Crippen LogP contribution in [0, 0.1) is 0 Å². The molecule has 6 nitrogen and oxygen atoms in total. The zero-order valence-electron chi connectivity index (χ0n) is 16.7. The fourth-order valence-electron chi connectivity index (χ4n) is 3.78. The molecule has 2 aliphatic rings. The number of halogens is 1. The van der Waals surface area contributed by atoms with E-state index < -0.39 is 6.29 Å². The van der Waals surface area contributed by atoms with Gasteiger partial charge in [0.1, 0.15) is 6.54 Å². The first-order valence-electron chi connectivity index (χ1n) is 9.79. The van der Waals surface area contributed by atoms with Crippen LogP contribution in [-0.2, 0) is 19.1 Å². The van der Waals surface area contributed by atoms with E-state index in [1.54, 1.807) is 22.7 Å². The van der Waals surface area contributed by atoms with Crippen molar-refractivity contribution in [2.45, 2.75) is 43.3 Å². The zero-order valence-corrected chi connectivity index (χ0v) is 18.3. The van der Waals surface area contributed by atoms with Gasteiger partial charge >= 0.3 is 0 Å². The first kappa shape index (κ1) is 22.2. The van der Waals surface area contributed by atoms with Gasteiger partial charge in [-0.25, -0.2) is 0 Å². The molecule has 158 valence electrons. The van der Waals surface area contributed by atoms with E-state index in [0.29, 0.717) is 15.2 Å². The molecule has 0 spiro atoms. The van der Waals surface area contributed by atoms with E-state index in [9.17, 15) is 9.59 Å². The molecule has 2 atom stereocenters. The van der Waals surface area contributed by atoms with Crippen molar-refractivity contribution >= 4 is 41.3 Å².